The van der Waals surface area contributed by atoms with Crippen molar-refractivity contribution in [1.82, 2.24) is 24.6 Å². The van der Waals surface area contributed by atoms with Crippen molar-refractivity contribution < 1.29 is 9.59 Å². The zero-order chi connectivity index (χ0) is 20.4. The smallest absolute Gasteiger partial charge is 0.273 e. The number of pyridine rings is 1. The van der Waals surface area contributed by atoms with E-state index in [-0.39, 0.29) is 17.7 Å². The lowest BCUT2D eigenvalue weighted by atomic mass is 9.97. The largest absolute Gasteiger partial charge is 0.336 e. The molecule has 1 unspecified atom stereocenters. The maximum absolute atomic E-state index is 12.9. The summed E-state index contributed by atoms with van der Waals surface area (Å²) in [6.45, 7) is 2.96. The summed E-state index contributed by atoms with van der Waals surface area (Å²) in [7, 11) is 1.84. The Morgan fingerprint density at radius 1 is 1.28 bits per heavy atom. The molecule has 4 rings (SSSR count). The number of likely N-dealkylation sites (tertiary alicyclic amines) is 1. The molecule has 150 valence electrons. The van der Waals surface area contributed by atoms with Gasteiger partial charge in [-0.3, -0.25) is 14.3 Å². The number of nitrogens with one attached hydrogen (secondary N) is 1. The van der Waals surface area contributed by atoms with Crippen LogP contribution in [0.1, 0.15) is 28.9 Å². The lowest BCUT2D eigenvalue weighted by Gasteiger charge is -2.31. The summed E-state index contributed by atoms with van der Waals surface area (Å²) in [5.74, 6) is 0.0347. The van der Waals surface area contributed by atoms with Crippen LogP contribution >= 0.6 is 11.3 Å². The summed E-state index contributed by atoms with van der Waals surface area (Å²) in [6, 6.07) is 3.69. The van der Waals surface area contributed by atoms with Crippen molar-refractivity contribution in [3.8, 4) is 10.6 Å². The normalized spacial score (nSPS) is 16.6. The van der Waals surface area contributed by atoms with Gasteiger partial charge in [-0.2, -0.15) is 5.10 Å². The molecule has 1 aliphatic rings. The first kappa shape index (κ1) is 19.3. The van der Waals surface area contributed by atoms with Crippen LogP contribution in [-0.4, -0.2) is 49.6 Å². The van der Waals surface area contributed by atoms with E-state index in [1.807, 2.05) is 26.2 Å². The molecule has 0 spiro atoms. The van der Waals surface area contributed by atoms with Crippen LogP contribution in [0.3, 0.4) is 0 Å². The second kappa shape index (κ2) is 8.12. The highest BCUT2D eigenvalue weighted by molar-refractivity contribution is 7.13. The number of hydrogen-bond acceptors (Lipinski definition) is 6. The SMILES string of the molecule is Cc1ccc(NC(=O)C2CCCN(C(=O)c3csc(-c4cnn(C)c4)n3)C2)nc1. The quantitative estimate of drug-likeness (QED) is 0.714. The summed E-state index contributed by atoms with van der Waals surface area (Å²) in [6.07, 6.45) is 6.85. The Morgan fingerprint density at radius 3 is 2.86 bits per heavy atom. The van der Waals surface area contributed by atoms with E-state index >= 15 is 0 Å². The van der Waals surface area contributed by atoms with E-state index in [0.29, 0.717) is 24.6 Å². The molecule has 0 bridgehead atoms. The van der Waals surface area contributed by atoms with Crippen molar-refractivity contribution in [2.45, 2.75) is 19.8 Å². The van der Waals surface area contributed by atoms with Gasteiger partial charge in [0.25, 0.3) is 5.91 Å². The van der Waals surface area contributed by atoms with Crippen LogP contribution in [0.25, 0.3) is 10.6 Å². The van der Waals surface area contributed by atoms with Crippen LogP contribution in [0.2, 0.25) is 0 Å². The molecule has 1 saturated heterocycles. The highest BCUT2D eigenvalue weighted by Crippen LogP contribution is 2.25. The van der Waals surface area contributed by atoms with Crippen LogP contribution < -0.4 is 5.32 Å². The Bertz CT molecular complexity index is 1030. The lowest BCUT2D eigenvalue weighted by molar-refractivity contribution is -0.121. The molecule has 2 amide bonds. The number of amides is 2. The molecule has 1 atom stereocenters. The fraction of sp³-hybridized carbons (Fsp3) is 0.350. The summed E-state index contributed by atoms with van der Waals surface area (Å²) in [5, 5.41) is 9.53. The molecular weight excluding hydrogens is 388 g/mol. The molecule has 8 nitrogen and oxygen atoms in total. The Kier molecular flexibility index (Phi) is 5.39. The van der Waals surface area contributed by atoms with Gasteiger partial charge in [0, 0.05) is 43.5 Å². The molecule has 1 fully saturated rings. The van der Waals surface area contributed by atoms with Gasteiger partial charge in [0.15, 0.2) is 0 Å². The van der Waals surface area contributed by atoms with Crippen molar-refractivity contribution in [1.29, 1.82) is 0 Å². The van der Waals surface area contributed by atoms with Crippen LogP contribution in [0.5, 0.6) is 0 Å². The highest BCUT2D eigenvalue weighted by Gasteiger charge is 2.30. The predicted molar refractivity (Wildman–Crippen MR) is 111 cm³/mol. The van der Waals surface area contributed by atoms with Crippen LogP contribution in [-0.2, 0) is 11.8 Å². The highest BCUT2D eigenvalue weighted by atomic mass is 32.1. The Labute approximate surface area is 172 Å². The number of piperidine rings is 1. The van der Waals surface area contributed by atoms with E-state index < -0.39 is 0 Å². The number of nitrogens with zero attached hydrogens (tertiary/aromatic N) is 5. The molecule has 9 heteroatoms. The second-order valence-electron chi connectivity index (χ2n) is 7.24. The molecule has 0 radical (unpaired) electrons. The maximum Gasteiger partial charge on any atom is 0.273 e. The number of aromatic nitrogens is 4. The predicted octanol–water partition coefficient (Wildman–Crippen LogP) is 2.74. The van der Waals surface area contributed by atoms with Crippen molar-refractivity contribution in [2.24, 2.45) is 13.0 Å². The van der Waals surface area contributed by atoms with E-state index in [4.69, 9.17) is 0 Å². The van der Waals surface area contributed by atoms with Crippen molar-refractivity contribution in [2.75, 3.05) is 18.4 Å². The third-order valence-corrected chi connectivity index (χ3v) is 5.81. The molecule has 29 heavy (non-hydrogen) atoms. The number of hydrogen-bond donors (Lipinski definition) is 1. The molecule has 3 aromatic rings. The summed E-state index contributed by atoms with van der Waals surface area (Å²) >= 11 is 1.42. The topological polar surface area (TPSA) is 93.0 Å². The van der Waals surface area contributed by atoms with Gasteiger partial charge in [0.05, 0.1) is 12.1 Å². The monoisotopic (exact) mass is 410 g/mol. The first-order chi connectivity index (χ1) is 14.0. The zero-order valence-corrected chi connectivity index (χ0v) is 17.1. The number of rotatable bonds is 4. The second-order valence-corrected chi connectivity index (χ2v) is 8.10. The minimum Gasteiger partial charge on any atom is -0.336 e. The van der Waals surface area contributed by atoms with Gasteiger partial charge in [-0.1, -0.05) is 6.07 Å². The average molecular weight is 411 g/mol. The van der Waals surface area contributed by atoms with E-state index in [0.717, 1.165) is 29.0 Å². The summed E-state index contributed by atoms with van der Waals surface area (Å²) in [5.41, 5.74) is 2.33. The Balaban J connectivity index is 1.41. The number of thiazole rings is 1. The first-order valence-electron chi connectivity index (χ1n) is 9.47. The molecule has 3 aromatic heterocycles. The maximum atomic E-state index is 12.9. The fourth-order valence-electron chi connectivity index (χ4n) is 3.34. The molecular formula is C20H22N6O2S. The van der Waals surface area contributed by atoms with Crippen molar-refractivity contribution in [3.05, 3.63) is 47.4 Å². The third kappa shape index (κ3) is 4.34. The van der Waals surface area contributed by atoms with Crippen LogP contribution in [0.4, 0.5) is 5.82 Å². The van der Waals surface area contributed by atoms with Gasteiger partial charge < -0.3 is 10.2 Å². The summed E-state index contributed by atoms with van der Waals surface area (Å²) < 4.78 is 1.70. The van der Waals surface area contributed by atoms with Gasteiger partial charge in [-0.15, -0.1) is 11.3 Å². The lowest BCUT2D eigenvalue weighted by Crippen LogP contribution is -2.44. The first-order valence-corrected chi connectivity index (χ1v) is 10.3. The Hall–Kier alpha value is -3.07. The van der Waals surface area contributed by atoms with Gasteiger partial charge >= 0.3 is 0 Å². The van der Waals surface area contributed by atoms with Crippen LogP contribution in [0, 0.1) is 12.8 Å². The fourth-order valence-corrected chi connectivity index (χ4v) is 4.11. The minimum atomic E-state index is -0.257. The van der Waals surface area contributed by atoms with Crippen molar-refractivity contribution >= 4 is 29.0 Å². The molecule has 1 N–H and O–H groups in total. The molecule has 0 aliphatic carbocycles. The molecule has 0 aromatic carbocycles. The standard InChI is InChI=1S/C20H22N6O2S/c1-13-5-6-17(21-8-13)24-18(27)14-4-3-7-26(11-14)20(28)16-12-29-19(23-16)15-9-22-25(2)10-15/h5-6,8-10,12,14H,3-4,7,11H2,1-2H3,(H,21,24,27). The number of aryl methyl sites for hydroxylation is 2. The average Bonchev–Trinajstić information content (AvgIpc) is 3.38. The number of carbonyl (C=O) groups excluding carboxylic acids is 2. The molecule has 1 aliphatic heterocycles. The van der Waals surface area contributed by atoms with Gasteiger partial charge in [0.1, 0.15) is 16.5 Å². The number of carbonyl (C=O) groups is 2. The van der Waals surface area contributed by atoms with E-state index in [1.54, 1.807) is 33.4 Å². The van der Waals surface area contributed by atoms with Crippen molar-refractivity contribution in [3.63, 3.8) is 0 Å². The summed E-state index contributed by atoms with van der Waals surface area (Å²) in [4.78, 5) is 36.0. The molecule has 4 heterocycles. The van der Waals surface area contributed by atoms with E-state index in [2.05, 4.69) is 20.4 Å². The van der Waals surface area contributed by atoms with Gasteiger partial charge in [0.2, 0.25) is 5.91 Å². The van der Waals surface area contributed by atoms with E-state index in [1.165, 1.54) is 11.3 Å². The zero-order valence-electron chi connectivity index (χ0n) is 16.3. The third-order valence-electron chi connectivity index (χ3n) is 4.92. The van der Waals surface area contributed by atoms with Gasteiger partial charge in [-0.25, -0.2) is 9.97 Å². The van der Waals surface area contributed by atoms with Crippen LogP contribution in [0.15, 0.2) is 36.1 Å². The molecule has 0 saturated carbocycles. The van der Waals surface area contributed by atoms with E-state index in [9.17, 15) is 9.59 Å². The Morgan fingerprint density at radius 2 is 2.14 bits per heavy atom. The minimum absolute atomic E-state index is 0.104. The number of anilines is 1. The van der Waals surface area contributed by atoms with Gasteiger partial charge in [-0.05, 0) is 31.4 Å².